The van der Waals surface area contributed by atoms with Gasteiger partial charge in [-0.25, -0.2) is 4.39 Å². The number of amides is 1. The van der Waals surface area contributed by atoms with Crippen molar-refractivity contribution in [1.29, 1.82) is 0 Å². The van der Waals surface area contributed by atoms with E-state index in [0.29, 0.717) is 29.3 Å². The Morgan fingerprint density at radius 1 is 1.45 bits per heavy atom. The van der Waals surface area contributed by atoms with Crippen LogP contribution >= 0.6 is 0 Å². The first-order valence-electron chi connectivity index (χ1n) is 6.34. The summed E-state index contributed by atoms with van der Waals surface area (Å²) in [6.07, 6.45) is 0. The van der Waals surface area contributed by atoms with E-state index in [1.54, 1.807) is 19.9 Å². The highest BCUT2D eigenvalue weighted by Crippen LogP contribution is 2.21. The first kappa shape index (κ1) is 14.0. The van der Waals surface area contributed by atoms with E-state index in [2.05, 4.69) is 10.4 Å². The molecule has 0 bridgehead atoms. The van der Waals surface area contributed by atoms with E-state index < -0.39 is 11.7 Å². The molecule has 0 unspecified atom stereocenters. The average molecular weight is 276 g/mol. The van der Waals surface area contributed by atoms with E-state index in [4.69, 9.17) is 5.73 Å². The fraction of sp³-hybridized carbons (Fsp3) is 0.286. The number of anilines is 2. The van der Waals surface area contributed by atoms with E-state index in [1.807, 2.05) is 6.92 Å². The van der Waals surface area contributed by atoms with Crippen LogP contribution in [-0.4, -0.2) is 15.7 Å². The molecule has 20 heavy (non-hydrogen) atoms. The van der Waals surface area contributed by atoms with Crippen molar-refractivity contribution < 1.29 is 9.18 Å². The van der Waals surface area contributed by atoms with Crippen molar-refractivity contribution in [1.82, 2.24) is 9.78 Å². The van der Waals surface area contributed by atoms with Crippen molar-refractivity contribution in [3.63, 3.8) is 0 Å². The van der Waals surface area contributed by atoms with Crippen LogP contribution in [0.4, 0.5) is 15.8 Å². The van der Waals surface area contributed by atoms with Crippen LogP contribution in [0.1, 0.15) is 28.7 Å². The minimum atomic E-state index is -0.404. The molecule has 0 atom stereocenters. The number of carbonyl (C=O) groups is 1. The topological polar surface area (TPSA) is 72.9 Å². The Balaban J connectivity index is 2.35. The Morgan fingerprint density at radius 3 is 2.80 bits per heavy atom. The summed E-state index contributed by atoms with van der Waals surface area (Å²) in [7, 11) is 0. The lowest BCUT2D eigenvalue weighted by molar-refractivity contribution is 0.101. The van der Waals surface area contributed by atoms with Gasteiger partial charge in [0.05, 0.1) is 11.4 Å². The SMILES string of the molecule is CCn1nc(C)c(N)c1C(=O)Nc1cc(F)ccc1C. The normalized spacial score (nSPS) is 10.6. The molecule has 0 aliphatic rings. The van der Waals surface area contributed by atoms with E-state index >= 15 is 0 Å². The summed E-state index contributed by atoms with van der Waals surface area (Å²) in [5.41, 5.74) is 8.34. The molecule has 0 radical (unpaired) electrons. The first-order chi connectivity index (χ1) is 9.43. The van der Waals surface area contributed by atoms with Crippen LogP contribution < -0.4 is 11.1 Å². The number of hydrogen-bond acceptors (Lipinski definition) is 3. The zero-order valence-electron chi connectivity index (χ0n) is 11.7. The minimum absolute atomic E-state index is 0.300. The summed E-state index contributed by atoms with van der Waals surface area (Å²) in [4.78, 5) is 12.3. The monoisotopic (exact) mass is 276 g/mol. The molecule has 5 nitrogen and oxygen atoms in total. The molecule has 0 aliphatic carbocycles. The van der Waals surface area contributed by atoms with E-state index in [9.17, 15) is 9.18 Å². The zero-order chi connectivity index (χ0) is 14.9. The second kappa shape index (κ2) is 5.32. The van der Waals surface area contributed by atoms with Crippen molar-refractivity contribution in [2.45, 2.75) is 27.3 Å². The number of carbonyl (C=O) groups excluding carboxylic acids is 1. The van der Waals surface area contributed by atoms with E-state index in [0.717, 1.165) is 5.56 Å². The van der Waals surface area contributed by atoms with Crippen LogP contribution in [0.3, 0.4) is 0 Å². The third-order valence-corrected chi connectivity index (χ3v) is 3.14. The summed E-state index contributed by atoms with van der Waals surface area (Å²) in [5, 5.41) is 6.86. The van der Waals surface area contributed by atoms with E-state index in [-0.39, 0.29) is 0 Å². The first-order valence-corrected chi connectivity index (χ1v) is 6.34. The van der Waals surface area contributed by atoms with Gasteiger partial charge in [0.1, 0.15) is 11.5 Å². The molecule has 0 spiro atoms. The van der Waals surface area contributed by atoms with Gasteiger partial charge in [-0.05, 0) is 38.5 Å². The number of nitrogens with zero attached hydrogens (tertiary/aromatic N) is 2. The fourth-order valence-electron chi connectivity index (χ4n) is 1.97. The van der Waals surface area contributed by atoms with Crippen molar-refractivity contribution in [2.75, 3.05) is 11.1 Å². The Bertz CT molecular complexity index is 663. The molecule has 0 fully saturated rings. The number of nitrogen functional groups attached to an aromatic ring is 1. The van der Waals surface area contributed by atoms with Crippen LogP contribution in [0, 0.1) is 19.7 Å². The molecule has 6 heteroatoms. The maximum absolute atomic E-state index is 13.2. The molecule has 2 rings (SSSR count). The predicted molar refractivity (Wildman–Crippen MR) is 76.1 cm³/mol. The molecule has 3 N–H and O–H groups in total. The van der Waals surface area contributed by atoms with Crippen molar-refractivity contribution in [2.24, 2.45) is 0 Å². The number of nitrogens with one attached hydrogen (secondary N) is 1. The highest BCUT2D eigenvalue weighted by atomic mass is 19.1. The van der Waals surface area contributed by atoms with Crippen molar-refractivity contribution >= 4 is 17.3 Å². The number of nitrogens with two attached hydrogens (primary N) is 1. The van der Waals surface area contributed by atoms with Crippen LogP contribution in [0.25, 0.3) is 0 Å². The minimum Gasteiger partial charge on any atom is -0.395 e. The lowest BCUT2D eigenvalue weighted by atomic mass is 10.2. The number of aryl methyl sites for hydroxylation is 3. The fourth-order valence-corrected chi connectivity index (χ4v) is 1.97. The van der Waals surface area contributed by atoms with Crippen LogP contribution in [0.15, 0.2) is 18.2 Å². The molecule has 0 saturated heterocycles. The summed E-state index contributed by atoms with van der Waals surface area (Å²) < 4.78 is 14.8. The van der Waals surface area contributed by atoms with Gasteiger partial charge < -0.3 is 11.1 Å². The molecular formula is C14H17FN4O. The number of hydrogen-bond donors (Lipinski definition) is 2. The second-order valence-electron chi connectivity index (χ2n) is 4.58. The van der Waals surface area contributed by atoms with Gasteiger partial charge in [-0.1, -0.05) is 6.07 Å². The molecule has 1 aromatic heterocycles. The molecule has 1 heterocycles. The highest BCUT2D eigenvalue weighted by Gasteiger charge is 2.19. The van der Waals surface area contributed by atoms with Crippen molar-refractivity contribution in [3.05, 3.63) is 41.0 Å². The third kappa shape index (κ3) is 2.49. The Labute approximate surface area is 116 Å². The van der Waals surface area contributed by atoms with Crippen LogP contribution in [-0.2, 0) is 6.54 Å². The maximum Gasteiger partial charge on any atom is 0.276 e. The molecule has 2 aromatic rings. The quantitative estimate of drug-likeness (QED) is 0.904. The van der Waals surface area contributed by atoms with Gasteiger partial charge in [0.25, 0.3) is 5.91 Å². The zero-order valence-corrected chi connectivity index (χ0v) is 11.7. The largest absolute Gasteiger partial charge is 0.395 e. The standard InChI is InChI=1S/C14H17FN4O/c1-4-19-13(12(16)9(3)18-19)14(20)17-11-7-10(15)6-5-8(11)2/h5-7H,4,16H2,1-3H3,(H,17,20). The lowest BCUT2D eigenvalue weighted by Gasteiger charge is -2.10. The average Bonchev–Trinajstić information content (AvgIpc) is 2.69. The summed E-state index contributed by atoms with van der Waals surface area (Å²) in [6.45, 7) is 5.94. The van der Waals surface area contributed by atoms with Gasteiger partial charge in [0, 0.05) is 12.2 Å². The van der Waals surface area contributed by atoms with Crippen LogP contribution in [0.5, 0.6) is 0 Å². The molecule has 0 aliphatic heterocycles. The summed E-state index contributed by atoms with van der Waals surface area (Å²) in [5.74, 6) is -0.794. The Kier molecular flexibility index (Phi) is 3.74. The maximum atomic E-state index is 13.2. The van der Waals surface area contributed by atoms with Gasteiger partial charge in [-0.2, -0.15) is 5.10 Å². The van der Waals surface area contributed by atoms with Gasteiger partial charge in [-0.3, -0.25) is 9.48 Å². The van der Waals surface area contributed by atoms with Gasteiger partial charge in [0.2, 0.25) is 0 Å². The van der Waals surface area contributed by atoms with Crippen molar-refractivity contribution in [3.8, 4) is 0 Å². The number of rotatable bonds is 3. The smallest absolute Gasteiger partial charge is 0.276 e. The predicted octanol–water partition coefficient (Wildman–Crippen LogP) is 2.49. The number of benzene rings is 1. The highest BCUT2D eigenvalue weighted by molar-refractivity contribution is 6.07. The van der Waals surface area contributed by atoms with E-state index in [1.165, 1.54) is 16.8 Å². The summed E-state index contributed by atoms with van der Waals surface area (Å²) in [6, 6.07) is 4.24. The van der Waals surface area contributed by atoms with Gasteiger partial charge in [0.15, 0.2) is 0 Å². The molecule has 106 valence electrons. The Morgan fingerprint density at radius 2 is 2.15 bits per heavy atom. The third-order valence-electron chi connectivity index (χ3n) is 3.14. The van der Waals surface area contributed by atoms with Gasteiger partial charge in [-0.15, -0.1) is 0 Å². The number of halogens is 1. The lowest BCUT2D eigenvalue weighted by Crippen LogP contribution is -2.19. The summed E-state index contributed by atoms with van der Waals surface area (Å²) >= 11 is 0. The molecule has 0 saturated carbocycles. The Hall–Kier alpha value is -2.37. The van der Waals surface area contributed by atoms with Gasteiger partial charge >= 0.3 is 0 Å². The number of aromatic nitrogens is 2. The van der Waals surface area contributed by atoms with Crippen LogP contribution in [0.2, 0.25) is 0 Å². The molecule has 1 aromatic carbocycles. The second-order valence-corrected chi connectivity index (χ2v) is 4.58. The molecule has 1 amide bonds. The molecular weight excluding hydrogens is 259 g/mol.